The fraction of sp³-hybridized carbons (Fsp3) is 0.583. The Kier molecular flexibility index (Phi) is 3.47. The summed E-state index contributed by atoms with van der Waals surface area (Å²) in [5.74, 6) is 0.894. The number of rotatable bonds is 4. The van der Waals surface area contributed by atoms with Crippen molar-refractivity contribution in [2.45, 2.75) is 32.9 Å². The summed E-state index contributed by atoms with van der Waals surface area (Å²) < 4.78 is 3.79. The summed E-state index contributed by atoms with van der Waals surface area (Å²) in [6, 6.07) is 2.32. The fourth-order valence-electron chi connectivity index (χ4n) is 2.00. The summed E-state index contributed by atoms with van der Waals surface area (Å²) in [4.78, 5) is 4.36. The van der Waals surface area contributed by atoms with Gasteiger partial charge in [-0.25, -0.2) is 9.67 Å². The SMILES string of the molecule is CNC(c1cc(C)n(C)n1)c1ncnn1C(C)C. The average Bonchev–Trinajstić information content (AvgIpc) is 2.89. The summed E-state index contributed by atoms with van der Waals surface area (Å²) in [7, 11) is 3.85. The normalized spacial score (nSPS) is 13.2. The van der Waals surface area contributed by atoms with Crippen LogP contribution in [0.3, 0.4) is 0 Å². The van der Waals surface area contributed by atoms with Crippen LogP contribution in [0.5, 0.6) is 0 Å². The first kappa shape index (κ1) is 12.8. The Morgan fingerprint density at radius 1 is 1.33 bits per heavy atom. The zero-order valence-corrected chi connectivity index (χ0v) is 11.5. The van der Waals surface area contributed by atoms with E-state index >= 15 is 0 Å². The molecule has 2 heterocycles. The average molecular weight is 248 g/mol. The van der Waals surface area contributed by atoms with Gasteiger partial charge in [-0.1, -0.05) is 0 Å². The third kappa shape index (κ3) is 2.15. The van der Waals surface area contributed by atoms with Crippen LogP contribution in [0.25, 0.3) is 0 Å². The molecule has 0 bridgehead atoms. The van der Waals surface area contributed by atoms with Gasteiger partial charge in [0.1, 0.15) is 12.4 Å². The van der Waals surface area contributed by atoms with Gasteiger partial charge in [-0.15, -0.1) is 0 Å². The topological polar surface area (TPSA) is 60.6 Å². The van der Waals surface area contributed by atoms with Crippen LogP contribution in [0, 0.1) is 6.92 Å². The van der Waals surface area contributed by atoms with E-state index in [9.17, 15) is 0 Å². The summed E-state index contributed by atoms with van der Waals surface area (Å²) in [5.41, 5.74) is 2.09. The first-order chi connectivity index (χ1) is 8.54. The maximum absolute atomic E-state index is 4.51. The zero-order chi connectivity index (χ0) is 13.3. The summed E-state index contributed by atoms with van der Waals surface area (Å²) in [6.07, 6.45) is 1.59. The Balaban J connectivity index is 2.42. The molecule has 0 aliphatic heterocycles. The van der Waals surface area contributed by atoms with Gasteiger partial charge in [-0.3, -0.25) is 4.68 Å². The van der Waals surface area contributed by atoms with Gasteiger partial charge in [0.05, 0.1) is 5.69 Å². The lowest BCUT2D eigenvalue weighted by Crippen LogP contribution is -2.24. The molecule has 0 aromatic carbocycles. The highest BCUT2D eigenvalue weighted by Gasteiger charge is 2.22. The first-order valence-corrected chi connectivity index (χ1v) is 6.11. The summed E-state index contributed by atoms with van der Waals surface area (Å²) in [6.45, 7) is 6.22. The lowest BCUT2D eigenvalue weighted by atomic mass is 10.2. The molecule has 6 nitrogen and oxygen atoms in total. The summed E-state index contributed by atoms with van der Waals surface area (Å²) >= 11 is 0. The van der Waals surface area contributed by atoms with Gasteiger partial charge in [-0.2, -0.15) is 10.2 Å². The predicted octanol–water partition coefficient (Wildman–Crippen LogP) is 1.21. The Labute approximate surface area is 107 Å². The lowest BCUT2D eigenvalue weighted by Gasteiger charge is -2.16. The van der Waals surface area contributed by atoms with Crippen molar-refractivity contribution >= 4 is 0 Å². The molecule has 1 N–H and O–H groups in total. The van der Waals surface area contributed by atoms with E-state index in [-0.39, 0.29) is 12.1 Å². The molecule has 0 saturated heterocycles. The Hall–Kier alpha value is -1.69. The van der Waals surface area contributed by atoms with Crippen LogP contribution >= 0.6 is 0 Å². The fourth-order valence-corrected chi connectivity index (χ4v) is 2.00. The zero-order valence-electron chi connectivity index (χ0n) is 11.5. The Bertz CT molecular complexity index is 505. The Morgan fingerprint density at radius 3 is 2.56 bits per heavy atom. The molecule has 2 aromatic rings. The molecular formula is C12H20N6. The molecule has 2 rings (SSSR count). The molecule has 98 valence electrons. The number of aromatic nitrogens is 5. The number of nitrogens with zero attached hydrogens (tertiary/aromatic N) is 5. The molecular weight excluding hydrogens is 228 g/mol. The highest BCUT2D eigenvalue weighted by atomic mass is 15.4. The second-order valence-corrected chi connectivity index (χ2v) is 4.71. The van der Waals surface area contributed by atoms with Gasteiger partial charge in [-0.05, 0) is 33.9 Å². The van der Waals surface area contributed by atoms with E-state index in [0.717, 1.165) is 17.2 Å². The van der Waals surface area contributed by atoms with Gasteiger partial charge in [0, 0.05) is 18.8 Å². The largest absolute Gasteiger partial charge is 0.305 e. The molecule has 0 aliphatic rings. The van der Waals surface area contributed by atoms with Crippen molar-refractivity contribution in [3.05, 3.63) is 29.6 Å². The highest BCUT2D eigenvalue weighted by Crippen LogP contribution is 2.21. The van der Waals surface area contributed by atoms with Crippen LogP contribution in [-0.2, 0) is 7.05 Å². The minimum absolute atomic E-state index is 0.0326. The number of aryl methyl sites for hydroxylation is 2. The molecule has 6 heteroatoms. The van der Waals surface area contributed by atoms with E-state index in [0.29, 0.717) is 0 Å². The monoisotopic (exact) mass is 248 g/mol. The molecule has 0 saturated carbocycles. The number of hydrogen-bond donors (Lipinski definition) is 1. The van der Waals surface area contributed by atoms with E-state index in [1.165, 1.54) is 0 Å². The molecule has 1 unspecified atom stereocenters. The van der Waals surface area contributed by atoms with Crippen molar-refractivity contribution in [3.63, 3.8) is 0 Å². The van der Waals surface area contributed by atoms with Gasteiger partial charge in [0.25, 0.3) is 0 Å². The van der Waals surface area contributed by atoms with Crippen LogP contribution < -0.4 is 5.32 Å². The van der Waals surface area contributed by atoms with Crippen LogP contribution in [0.1, 0.15) is 43.1 Å². The van der Waals surface area contributed by atoms with Gasteiger partial charge >= 0.3 is 0 Å². The van der Waals surface area contributed by atoms with Gasteiger partial charge < -0.3 is 5.32 Å². The minimum Gasteiger partial charge on any atom is -0.305 e. The van der Waals surface area contributed by atoms with E-state index in [4.69, 9.17) is 0 Å². The number of hydrogen-bond acceptors (Lipinski definition) is 4. The minimum atomic E-state index is -0.0326. The van der Waals surface area contributed by atoms with E-state index in [1.807, 2.05) is 30.4 Å². The third-order valence-corrected chi connectivity index (χ3v) is 3.07. The quantitative estimate of drug-likeness (QED) is 0.883. The Morgan fingerprint density at radius 2 is 2.06 bits per heavy atom. The van der Waals surface area contributed by atoms with Crippen LogP contribution in [0.4, 0.5) is 0 Å². The second-order valence-electron chi connectivity index (χ2n) is 4.71. The molecule has 1 atom stereocenters. The third-order valence-electron chi connectivity index (χ3n) is 3.07. The molecule has 0 aliphatic carbocycles. The van der Waals surface area contributed by atoms with Crippen molar-refractivity contribution < 1.29 is 0 Å². The van der Waals surface area contributed by atoms with Crippen LogP contribution in [-0.4, -0.2) is 31.6 Å². The van der Waals surface area contributed by atoms with Gasteiger partial charge in [0.15, 0.2) is 5.82 Å². The van der Waals surface area contributed by atoms with E-state index in [2.05, 4.69) is 40.4 Å². The molecule has 0 fully saturated rings. The van der Waals surface area contributed by atoms with Crippen molar-refractivity contribution in [1.29, 1.82) is 0 Å². The highest BCUT2D eigenvalue weighted by molar-refractivity contribution is 5.19. The maximum atomic E-state index is 4.51. The van der Waals surface area contributed by atoms with Crippen molar-refractivity contribution in [3.8, 4) is 0 Å². The van der Waals surface area contributed by atoms with Crippen molar-refractivity contribution in [2.24, 2.45) is 7.05 Å². The molecule has 0 spiro atoms. The maximum Gasteiger partial charge on any atom is 0.150 e. The van der Waals surface area contributed by atoms with Crippen LogP contribution in [0.2, 0.25) is 0 Å². The lowest BCUT2D eigenvalue weighted by molar-refractivity contribution is 0.472. The first-order valence-electron chi connectivity index (χ1n) is 6.11. The van der Waals surface area contributed by atoms with Crippen molar-refractivity contribution in [1.82, 2.24) is 29.9 Å². The smallest absolute Gasteiger partial charge is 0.150 e. The van der Waals surface area contributed by atoms with Crippen molar-refractivity contribution in [2.75, 3.05) is 7.05 Å². The van der Waals surface area contributed by atoms with E-state index in [1.54, 1.807) is 6.33 Å². The molecule has 0 amide bonds. The second kappa shape index (κ2) is 4.89. The summed E-state index contributed by atoms with van der Waals surface area (Å²) in [5, 5.41) is 12.0. The molecule has 2 aromatic heterocycles. The standard InChI is InChI=1S/C12H20N6/c1-8(2)18-12(14-7-15-18)11(13-4)10-6-9(3)17(5)16-10/h6-8,11,13H,1-5H3. The number of nitrogens with one attached hydrogen (secondary N) is 1. The molecule has 0 radical (unpaired) electrons. The van der Waals surface area contributed by atoms with Crippen LogP contribution in [0.15, 0.2) is 12.4 Å². The predicted molar refractivity (Wildman–Crippen MR) is 69.3 cm³/mol. The molecule has 18 heavy (non-hydrogen) atoms. The van der Waals surface area contributed by atoms with Gasteiger partial charge in [0.2, 0.25) is 0 Å². The van der Waals surface area contributed by atoms with E-state index < -0.39 is 0 Å².